The van der Waals surface area contributed by atoms with Crippen LogP contribution in [0.2, 0.25) is 0 Å². The molecule has 11 N–H and O–H groups in total. The van der Waals surface area contributed by atoms with Crippen molar-refractivity contribution in [3.63, 3.8) is 0 Å². The van der Waals surface area contributed by atoms with E-state index in [0.717, 1.165) is 0 Å². The first kappa shape index (κ1) is 17.9. The predicted molar refractivity (Wildman–Crippen MR) is 76.7 cm³/mol. The van der Waals surface area contributed by atoms with Crippen molar-refractivity contribution in [3.05, 3.63) is 0 Å². The maximum atomic E-state index is 9.62. The Bertz CT molecular complexity index is 387. The summed E-state index contributed by atoms with van der Waals surface area (Å²) in [5.41, 5.74) is 28.0. The number of hydrogen-bond donors (Lipinski definition) is 6. The molecule has 2 aliphatic heterocycles. The summed E-state index contributed by atoms with van der Waals surface area (Å²) >= 11 is 0. The molecule has 130 valence electrons. The average Bonchev–Trinajstić information content (AvgIpc) is 2.45. The molecule has 22 heavy (non-hydrogen) atoms. The molecule has 2 rings (SSSR count). The summed E-state index contributed by atoms with van der Waals surface area (Å²) < 4.78 is 22.0. The second kappa shape index (κ2) is 6.61. The molecular formula is C12H27N5O5. The Morgan fingerprint density at radius 3 is 2.41 bits per heavy atom. The Labute approximate surface area is 129 Å². The van der Waals surface area contributed by atoms with Gasteiger partial charge in [0.1, 0.15) is 18.0 Å². The van der Waals surface area contributed by atoms with E-state index in [9.17, 15) is 5.11 Å². The molecule has 0 aromatic rings. The first-order valence-electron chi connectivity index (χ1n) is 7.20. The van der Waals surface area contributed by atoms with Gasteiger partial charge in [0.2, 0.25) is 0 Å². The molecule has 2 aliphatic rings. The van der Waals surface area contributed by atoms with Crippen molar-refractivity contribution in [2.75, 3.05) is 7.11 Å². The highest BCUT2D eigenvalue weighted by atomic mass is 16.7. The van der Waals surface area contributed by atoms with E-state index < -0.39 is 48.8 Å². The van der Waals surface area contributed by atoms with Crippen LogP contribution in [0.3, 0.4) is 0 Å². The molecule has 0 aromatic carbocycles. The Hall–Kier alpha value is -0.400. The van der Waals surface area contributed by atoms with E-state index in [4.69, 9.17) is 47.6 Å². The van der Waals surface area contributed by atoms with Crippen molar-refractivity contribution in [1.82, 2.24) is 0 Å². The predicted octanol–water partition coefficient (Wildman–Crippen LogP) is -3.58. The molecule has 0 aromatic heterocycles. The fourth-order valence-corrected chi connectivity index (χ4v) is 2.77. The first-order valence-corrected chi connectivity index (χ1v) is 7.20. The highest BCUT2D eigenvalue weighted by Gasteiger charge is 2.50. The van der Waals surface area contributed by atoms with Crippen LogP contribution >= 0.6 is 0 Å². The highest BCUT2D eigenvalue weighted by molar-refractivity contribution is 5.04. The molecule has 8 atom stereocenters. The van der Waals surface area contributed by atoms with E-state index >= 15 is 0 Å². The molecular weight excluding hydrogens is 294 g/mol. The van der Waals surface area contributed by atoms with Crippen molar-refractivity contribution in [1.29, 1.82) is 0 Å². The maximum absolute atomic E-state index is 9.62. The van der Waals surface area contributed by atoms with Gasteiger partial charge in [-0.3, -0.25) is 0 Å². The van der Waals surface area contributed by atoms with Crippen LogP contribution in [0.5, 0.6) is 0 Å². The summed E-state index contributed by atoms with van der Waals surface area (Å²) in [6.07, 6.45) is -3.90. The molecule has 2 heterocycles. The highest BCUT2D eigenvalue weighted by Crippen LogP contribution is 2.28. The Morgan fingerprint density at radius 1 is 1.18 bits per heavy atom. The number of methoxy groups -OCH3 is 1. The first-order chi connectivity index (χ1) is 10.2. The summed E-state index contributed by atoms with van der Waals surface area (Å²) in [6, 6.07) is -1.58. The Balaban J connectivity index is 2.09. The van der Waals surface area contributed by atoms with Crippen molar-refractivity contribution in [2.24, 2.45) is 28.7 Å². The summed E-state index contributed by atoms with van der Waals surface area (Å²) in [4.78, 5) is 0. The van der Waals surface area contributed by atoms with E-state index in [-0.39, 0.29) is 12.5 Å². The Morgan fingerprint density at radius 2 is 1.82 bits per heavy atom. The molecule has 0 bridgehead atoms. The van der Waals surface area contributed by atoms with E-state index in [1.54, 1.807) is 6.92 Å². The van der Waals surface area contributed by atoms with Gasteiger partial charge in [0.15, 0.2) is 12.6 Å². The lowest BCUT2D eigenvalue weighted by molar-refractivity contribution is -0.303. The zero-order valence-corrected chi connectivity index (χ0v) is 12.8. The van der Waals surface area contributed by atoms with Gasteiger partial charge in [-0.15, -0.1) is 0 Å². The van der Waals surface area contributed by atoms with Crippen LogP contribution in [0.4, 0.5) is 0 Å². The van der Waals surface area contributed by atoms with Gasteiger partial charge < -0.3 is 52.7 Å². The number of nitrogens with two attached hydrogens (primary N) is 5. The zero-order chi connectivity index (χ0) is 16.7. The van der Waals surface area contributed by atoms with Crippen LogP contribution in [0.25, 0.3) is 0 Å². The van der Waals surface area contributed by atoms with Gasteiger partial charge in [0.05, 0.1) is 24.3 Å². The molecule has 1 unspecified atom stereocenters. The molecule has 2 fully saturated rings. The number of rotatable bonds is 3. The van der Waals surface area contributed by atoms with Gasteiger partial charge in [-0.25, -0.2) is 0 Å². The summed E-state index contributed by atoms with van der Waals surface area (Å²) in [6.45, 7) is 1.75. The molecule has 0 spiro atoms. The largest absolute Gasteiger partial charge is 0.378 e. The summed E-state index contributed by atoms with van der Waals surface area (Å²) in [5, 5.41) is 9.62. The van der Waals surface area contributed by atoms with Gasteiger partial charge in [0, 0.05) is 13.5 Å². The summed E-state index contributed by atoms with van der Waals surface area (Å²) in [5.74, 6) is 0. The van der Waals surface area contributed by atoms with Crippen molar-refractivity contribution >= 4 is 0 Å². The lowest BCUT2D eigenvalue weighted by Gasteiger charge is -2.49. The minimum absolute atomic E-state index is 0.267. The minimum Gasteiger partial charge on any atom is -0.378 e. The lowest BCUT2D eigenvalue weighted by Crippen LogP contribution is -2.81. The topological polar surface area (TPSA) is 187 Å². The van der Waals surface area contributed by atoms with E-state index in [2.05, 4.69) is 0 Å². The molecule has 0 saturated carbocycles. The number of hydrogen-bond acceptors (Lipinski definition) is 10. The normalized spacial score (nSPS) is 49.1. The summed E-state index contributed by atoms with van der Waals surface area (Å²) in [7, 11) is 1.52. The second-order valence-electron chi connectivity index (χ2n) is 5.93. The standard InChI is InChI=1S/C12H27N5O5/c1-4-8(5(19-2)3-6(18)20-4)21-10-7(13)9(14)12(16,17)11(15)22-10/h4-11,18H,3,13-17H2,1-2H3/t4-,5-,6+,7-,8-,9-,10?,11+/m0/s1. The van der Waals surface area contributed by atoms with Crippen molar-refractivity contribution < 1.29 is 24.1 Å². The van der Waals surface area contributed by atoms with Crippen LogP contribution in [-0.2, 0) is 18.9 Å². The van der Waals surface area contributed by atoms with Gasteiger partial charge in [-0.05, 0) is 6.92 Å². The van der Waals surface area contributed by atoms with Crippen molar-refractivity contribution in [2.45, 2.75) is 68.2 Å². The maximum Gasteiger partial charge on any atom is 0.177 e. The molecule has 0 amide bonds. The SMILES string of the molecule is CO[C@H]1C[C@H](O)O[C@@H](C)[C@@H]1OC1O[C@@H](N)C(N)(N)[C@@H](N)[C@@H]1N. The third kappa shape index (κ3) is 3.26. The molecule has 0 aliphatic carbocycles. The van der Waals surface area contributed by atoms with Crippen molar-refractivity contribution in [3.8, 4) is 0 Å². The van der Waals surface area contributed by atoms with Crippen LogP contribution in [0.1, 0.15) is 13.3 Å². The lowest BCUT2D eigenvalue weighted by atomic mass is 9.91. The monoisotopic (exact) mass is 321 g/mol. The smallest absolute Gasteiger partial charge is 0.177 e. The quantitative estimate of drug-likeness (QED) is 0.284. The van der Waals surface area contributed by atoms with Gasteiger partial charge >= 0.3 is 0 Å². The van der Waals surface area contributed by atoms with Gasteiger partial charge in [0.25, 0.3) is 0 Å². The van der Waals surface area contributed by atoms with E-state index in [1.807, 2.05) is 0 Å². The molecule has 2 saturated heterocycles. The van der Waals surface area contributed by atoms with Gasteiger partial charge in [-0.2, -0.15) is 0 Å². The van der Waals surface area contributed by atoms with Crippen LogP contribution in [0, 0.1) is 0 Å². The average molecular weight is 321 g/mol. The molecule has 10 heteroatoms. The molecule has 0 radical (unpaired) electrons. The number of aliphatic hydroxyl groups is 1. The second-order valence-corrected chi connectivity index (χ2v) is 5.93. The van der Waals surface area contributed by atoms with Gasteiger partial charge in [-0.1, -0.05) is 0 Å². The third-order valence-corrected chi connectivity index (χ3v) is 4.31. The number of aliphatic hydroxyl groups excluding tert-OH is 1. The Kier molecular flexibility index (Phi) is 5.39. The zero-order valence-electron chi connectivity index (χ0n) is 12.8. The van der Waals surface area contributed by atoms with Crippen LogP contribution in [-0.4, -0.2) is 67.1 Å². The minimum atomic E-state index is -1.45. The fraction of sp³-hybridized carbons (Fsp3) is 1.00. The number of ether oxygens (including phenoxy) is 4. The van der Waals surface area contributed by atoms with E-state index in [0.29, 0.717) is 0 Å². The fourth-order valence-electron chi connectivity index (χ4n) is 2.77. The molecule has 10 nitrogen and oxygen atoms in total. The third-order valence-electron chi connectivity index (χ3n) is 4.31. The van der Waals surface area contributed by atoms with Crippen LogP contribution in [0.15, 0.2) is 0 Å². The van der Waals surface area contributed by atoms with Crippen LogP contribution < -0.4 is 28.7 Å². The van der Waals surface area contributed by atoms with E-state index in [1.165, 1.54) is 7.11 Å².